The summed E-state index contributed by atoms with van der Waals surface area (Å²) >= 11 is 6.39. The highest BCUT2D eigenvalue weighted by atomic mass is 35.5. The van der Waals surface area contributed by atoms with Crippen molar-refractivity contribution in [2.75, 3.05) is 7.11 Å². The number of hydrogen-bond acceptors (Lipinski definition) is 5. The van der Waals surface area contributed by atoms with Gasteiger partial charge in [0.1, 0.15) is 17.9 Å². The third kappa shape index (κ3) is 4.54. The second-order valence-electron chi connectivity index (χ2n) is 6.45. The van der Waals surface area contributed by atoms with Crippen molar-refractivity contribution < 1.29 is 18.7 Å². The van der Waals surface area contributed by atoms with Crippen molar-refractivity contribution in [1.29, 1.82) is 0 Å². The fourth-order valence-electron chi connectivity index (χ4n) is 2.93. The molecule has 0 bridgehead atoms. The molecule has 0 fully saturated rings. The molecule has 3 aromatic rings. The maximum absolute atomic E-state index is 11.9. The van der Waals surface area contributed by atoms with Gasteiger partial charge in [-0.2, -0.15) is 0 Å². The summed E-state index contributed by atoms with van der Waals surface area (Å²) in [4.78, 5) is 23.4. The summed E-state index contributed by atoms with van der Waals surface area (Å²) in [5.41, 5.74) is 2.34. The number of fused-ring (bicyclic) bond motifs is 1. The van der Waals surface area contributed by atoms with Crippen LogP contribution >= 0.6 is 11.6 Å². The van der Waals surface area contributed by atoms with Crippen molar-refractivity contribution in [3.63, 3.8) is 0 Å². The smallest absolute Gasteiger partial charge is 0.337 e. The van der Waals surface area contributed by atoms with E-state index >= 15 is 0 Å². The lowest BCUT2D eigenvalue weighted by Crippen LogP contribution is -2.03. The molecule has 5 nitrogen and oxygen atoms in total. The number of rotatable bonds is 7. The summed E-state index contributed by atoms with van der Waals surface area (Å²) < 4.78 is 15.8. The van der Waals surface area contributed by atoms with Gasteiger partial charge in [0.05, 0.1) is 17.7 Å². The largest absolute Gasteiger partial charge is 0.487 e. The van der Waals surface area contributed by atoms with Crippen LogP contribution in [0, 0.1) is 0 Å². The number of benzene rings is 2. The van der Waals surface area contributed by atoms with Crippen LogP contribution in [0.1, 0.15) is 41.3 Å². The average molecular weight is 401 g/mol. The quantitative estimate of drug-likeness (QED) is 0.405. The maximum atomic E-state index is 11.9. The van der Waals surface area contributed by atoms with E-state index in [0.29, 0.717) is 21.9 Å². The Morgan fingerprint density at radius 1 is 1.14 bits per heavy atom. The number of carbonyl (C=O) groups excluding carboxylic acids is 1. The fraction of sp³-hybridized carbons (Fsp3) is 0.273. The zero-order chi connectivity index (χ0) is 20.1. The molecule has 0 spiro atoms. The van der Waals surface area contributed by atoms with Gasteiger partial charge < -0.3 is 13.9 Å². The minimum Gasteiger partial charge on any atom is -0.487 e. The van der Waals surface area contributed by atoms with Crippen LogP contribution in [0.3, 0.4) is 0 Å². The number of unbranched alkanes of at least 4 members (excludes halogenated alkanes) is 1. The standard InChI is InChI=1S/C22H21ClO5/c1-3-4-5-16-10-21(24)28-19-12-20(18(23)11-17(16)19)27-13-14-6-8-15(9-7-14)22(25)26-2/h6-12H,3-5,13H2,1-2H3. The van der Waals surface area contributed by atoms with Crippen LogP contribution in [0.15, 0.2) is 51.7 Å². The summed E-state index contributed by atoms with van der Waals surface area (Å²) in [6.45, 7) is 2.36. The number of aryl methyl sites for hydroxylation is 1. The molecular formula is C22H21ClO5. The van der Waals surface area contributed by atoms with E-state index in [4.69, 9.17) is 20.8 Å². The van der Waals surface area contributed by atoms with E-state index in [0.717, 1.165) is 35.8 Å². The van der Waals surface area contributed by atoms with E-state index < -0.39 is 0 Å². The van der Waals surface area contributed by atoms with Crippen molar-refractivity contribution in [2.45, 2.75) is 32.8 Å². The first kappa shape index (κ1) is 20.0. The van der Waals surface area contributed by atoms with E-state index in [2.05, 4.69) is 11.7 Å². The van der Waals surface area contributed by atoms with Crippen LogP contribution in [0.5, 0.6) is 5.75 Å². The number of halogens is 1. The first-order chi connectivity index (χ1) is 13.5. The molecule has 0 saturated carbocycles. The predicted octanol–water partition coefficient (Wildman–Crippen LogP) is 5.15. The lowest BCUT2D eigenvalue weighted by atomic mass is 10.0. The van der Waals surface area contributed by atoms with Crippen molar-refractivity contribution in [1.82, 2.24) is 0 Å². The lowest BCUT2D eigenvalue weighted by molar-refractivity contribution is 0.0600. The summed E-state index contributed by atoms with van der Waals surface area (Å²) in [5.74, 6) is 0.0425. The molecule has 0 unspecified atom stereocenters. The summed E-state index contributed by atoms with van der Waals surface area (Å²) in [6, 6.07) is 11.9. The fourth-order valence-corrected chi connectivity index (χ4v) is 3.15. The summed E-state index contributed by atoms with van der Waals surface area (Å²) in [6.07, 6.45) is 2.81. The number of hydrogen-bond donors (Lipinski definition) is 0. The topological polar surface area (TPSA) is 65.7 Å². The maximum Gasteiger partial charge on any atom is 0.337 e. The Labute approximate surface area is 167 Å². The first-order valence-electron chi connectivity index (χ1n) is 9.08. The SMILES string of the molecule is CCCCc1cc(=O)oc2cc(OCc3ccc(C(=O)OC)cc3)c(Cl)cc12. The number of methoxy groups -OCH3 is 1. The molecule has 146 valence electrons. The Bertz CT molecular complexity index is 1040. The molecule has 1 heterocycles. The van der Waals surface area contributed by atoms with Gasteiger partial charge >= 0.3 is 11.6 Å². The van der Waals surface area contributed by atoms with Crippen LogP contribution < -0.4 is 10.4 Å². The molecule has 0 aliphatic rings. The number of ether oxygens (including phenoxy) is 2. The molecule has 0 saturated heterocycles. The molecule has 2 aromatic carbocycles. The van der Waals surface area contributed by atoms with Crippen LogP contribution in [0.2, 0.25) is 5.02 Å². The Hall–Kier alpha value is -2.79. The summed E-state index contributed by atoms with van der Waals surface area (Å²) in [7, 11) is 1.34. The van der Waals surface area contributed by atoms with E-state index in [9.17, 15) is 9.59 Å². The number of esters is 1. The third-order valence-corrected chi connectivity index (χ3v) is 4.75. The highest BCUT2D eigenvalue weighted by molar-refractivity contribution is 6.32. The van der Waals surface area contributed by atoms with Gasteiger partial charge in [0.25, 0.3) is 0 Å². The molecule has 1 aromatic heterocycles. The zero-order valence-electron chi connectivity index (χ0n) is 15.8. The first-order valence-corrected chi connectivity index (χ1v) is 9.46. The van der Waals surface area contributed by atoms with Gasteiger partial charge in [-0.1, -0.05) is 37.1 Å². The Morgan fingerprint density at radius 2 is 1.89 bits per heavy atom. The van der Waals surface area contributed by atoms with E-state index in [1.807, 2.05) is 0 Å². The monoisotopic (exact) mass is 400 g/mol. The van der Waals surface area contributed by atoms with Crippen LogP contribution in [-0.4, -0.2) is 13.1 Å². The third-order valence-electron chi connectivity index (χ3n) is 4.45. The summed E-state index contributed by atoms with van der Waals surface area (Å²) in [5, 5.41) is 1.28. The van der Waals surface area contributed by atoms with Crippen molar-refractivity contribution in [2.24, 2.45) is 0 Å². The van der Waals surface area contributed by atoms with Gasteiger partial charge in [-0.3, -0.25) is 0 Å². The molecule has 0 atom stereocenters. The Kier molecular flexibility index (Phi) is 6.37. The zero-order valence-corrected chi connectivity index (χ0v) is 16.5. The second-order valence-corrected chi connectivity index (χ2v) is 6.86. The molecule has 0 radical (unpaired) electrons. The van der Waals surface area contributed by atoms with Gasteiger partial charge in [0.2, 0.25) is 0 Å². The van der Waals surface area contributed by atoms with Crippen LogP contribution in [0.25, 0.3) is 11.0 Å². The minimum absolute atomic E-state index is 0.256. The van der Waals surface area contributed by atoms with Crippen molar-refractivity contribution in [3.8, 4) is 5.75 Å². The normalized spacial score (nSPS) is 10.8. The van der Waals surface area contributed by atoms with Gasteiger partial charge in [-0.15, -0.1) is 0 Å². The van der Waals surface area contributed by atoms with E-state index in [-0.39, 0.29) is 18.2 Å². The van der Waals surface area contributed by atoms with Crippen LogP contribution in [-0.2, 0) is 17.8 Å². The molecule has 28 heavy (non-hydrogen) atoms. The molecule has 0 N–H and O–H groups in total. The molecule has 3 rings (SSSR count). The molecule has 0 amide bonds. The molecule has 0 aliphatic heterocycles. The molecule has 6 heteroatoms. The highest BCUT2D eigenvalue weighted by Gasteiger charge is 2.12. The van der Waals surface area contributed by atoms with Gasteiger partial charge in [0.15, 0.2) is 0 Å². The van der Waals surface area contributed by atoms with Gasteiger partial charge in [-0.25, -0.2) is 9.59 Å². The highest BCUT2D eigenvalue weighted by Crippen LogP contribution is 2.32. The molecular weight excluding hydrogens is 380 g/mol. The van der Waals surface area contributed by atoms with Gasteiger partial charge in [0, 0.05) is 17.5 Å². The Morgan fingerprint density at radius 3 is 2.57 bits per heavy atom. The lowest BCUT2D eigenvalue weighted by Gasteiger charge is -2.11. The minimum atomic E-state index is -0.390. The second kappa shape index (κ2) is 8.93. The van der Waals surface area contributed by atoms with E-state index in [1.165, 1.54) is 13.2 Å². The van der Waals surface area contributed by atoms with Crippen molar-refractivity contribution in [3.05, 3.63) is 74.6 Å². The van der Waals surface area contributed by atoms with Crippen LogP contribution in [0.4, 0.5) is 0 Å². The number of carbonyl (C=O) groups is 1. The predicted molar refractivity (Wildman–Crippen MR) is 108 cm³/mol. The van der Waals surface area contributed by atoms with E-state index in [1.54, 1.807) is 36.4 Å². The Balaban J connectivity index is 1.82. The average Bonchev–Trinajstić information content (AvgIpc) is 2.70. The van der Waals surface area contributed by atoms with Crippen molar-refractivity contribution >= 4 is 28.5 Å². The van der Waals surface area contributed by atoms with Gasteiger partial charge in [-0.05, 0) is 42.2 Å². The molecule has 0 aliphatic carbocycles.